The molecule has 1 atom stereocenters. The topological polar surface area (TPSA) is 40.6 Å². The van der Waals surface area contributed by atoms with Crippen LogP contribution in [0.3, 0.4) is 0 Å². The number of Topliss-reactive ketones (excluding diaryl/α,β-unsaturated/α-hetero) is 1. The second kappa shape index (κ2) is 7.87. The number of rotatable bonds is 3. The van der Waals surface area contributed by atoms with Crippen LogP contribution in [0.15, 0.2) is 36.4 Å². The number of anilines is 1. The standard InChI is InChI=1S/C20H19Cl2FN2O2/c1-12-11-24(19-6-4-14(13(2)26)10-18(19)23)7-8-25(12)20(27)15-3-5-16(21)17(22)9-15/h3-6,9-10,12H,7-8,11H2,1-2H3/t12-/m1/s1. The van der Waals surface area contributed by atoms with Gasteiger partial charge in [0.15, 0.2) is 5.78 Å². The molecule has 4 nitrogen and oxygen atoms in total. The van der Waals surface area contributed by atoms with Crippen molar-refractivity contribution >= 4 is 40.6 Å². The summed E-state index contributed by atoms with van der Waals surface area (Å²) in [6.45, 7) is 4.76. The van der Waals surface area contributed by atoms with Gasteiger partial charge in [0.1, 0.15) is 5.82 Å². The molecular weight excluding hydrogens is 390 g/mol. The summed E-state index contributed by atoms with van der Waals surface area (Å²) in [5.74, 6) is -0.738. The monoisotopic (exact) mass is 408 g/mol. The van der Waals surface area contributed by atoms with Gasteiger partial charge in [0.25, 0.3) is 5.91 Å². The van der Waals surface area contributed by atoms with Gasteiger partial charge < -0.3 is 9.80 Å². The van der Waals surface area contributed by atoms with E-state index in [0.717, 1.165) is 0 Å². The first-order valence-corrected chi connectivity index (χ1v) is 9.35. The van der Waals surface area contributed by atoms with E-state index in [0.29, 0.717) is 46.5 Å². The van der Waals surface area contributed by atoms with Gasteiger partial charge in [-0.1, -0.05) is 23.2 Å². The summed E-state index contributed by atoms with van der Waals surface area (Å²) >= 11 is 11.9. The Morgan fingerprint density at radius 3 is 2.33 bits per heavy atom. The SMILES string of the molecule is CC(=O)c1ccc(N2CCN(C(=O)c3ccc(Cl)c(Cl)c3)[C@H](C)C2)c(F)c1. The molecule has 0 N–H and O–H groups in total. The lowest BCUT2D eigenvalue weighted by molar-refractivity contribution is 0.0673. The third-order valence-electron chi connectivity index (χ3n) is 4.75. The Kier molecular flexibility index (Phi) is 5.72. The summed E-state index contributed by atoms with van der Waals surface area (Å²) in [5.41, 5.74) is 1.26. The Morgan fingerprint density at radius 1 is 1.04 bits per heavy atom. The van der Waals surface area contributed by atoms with Crippen LogP contribution in [-0.4, -0.2) is 42.3 Å². The fourth-order valence-corrected chi connectivity index (χ4v) is 3.55. The van der Waals surface area contributed by atoms with Crippen molar-refractivity contribution in [3.63, 3.8) is 0 Å². The number of hydrogen-bond acceptors (Lipinski definition) is 3. The lowest BCUT2D eigenvalue weighted by Gasteiger charge is -2.41. The molecule has 0 unspecified atom stereocenters. The molecule has 2 aromatic carbocycles. The summed E-state index contributed by atoms with van der Waals surface area (Å²) in [6, 6.07) is 9.20. The van der Waals surface area contributed by atoms with Crippen LogP contribution in [0.5, 0.6) is 0 Å². The number of nitrogens with zero attached hydrogens (tertiary/aromatic N) is 2. The van der Waals surface area contributed by atoms with E-state index in [2.05, 4.69) is 0 Å². The van der Waals surface area contributed by atoms with Gasteiger partial charge in [-0.2, -0.15) is 0 Å². The molecule has 1 amide bonds. The Labute approximate surface area is 167 Å². The predicted molar refractivity (Wildman–Crippen MR) is 106 cm³/mol. The zero-order valence-corrected chi connectivity index (χ0v) is 16.5. The number of ketones is 1. The van der Waals surface area contributed by atoms with E-state index in [1.54, 1.807) is 35.2 Å². The van der Waals surface area contributed by atoms with E-state index in [1.165, 1.54) is 13.0 Å². The van der Waals surface area contributed by atoms with Crippen LogP contribution in [0.25, 0.3) is 0 Å². The first-order chi connectivity index (χ1) is 12.8. The summed E-state index contributed by atoms with van der Waals surface area (Å²) < 4.78 is 14.4. The van der Waals surface area contributed by atoms with Crippen LogP contribution in [-0.2, 0) is 0 Å². The quantitative estimate of drug-likeness (QED) is 0.691. The lowest BCUT2D eigenvalue weighted by atomic mass is 10.1. The second-order valence-electron chi connectivity index (χ2n) is 6.64. The summed E-state index contributed by atoms with van der Waals surface area (Å²) in [7, 11) is 0. The van der Waals surface area contributed by atoms with Gasteiger partial charge in [0, 0.05) is 36.8 Å². The summed E-state index contributed by atoms with van der Waals surface area (Å²) in [4.78, 5) is 27.8. The molecule has 0 spiro atoms. The Hall–Kier alpha value is -2.11. The maximum Gasteiger partial charge on any atom is 0.254 e. The van der Waals surface area contributed by atoms with E-state index >= 15 is 0 Å². The minimum Gasteiger partial charge on any atom is -0.365 e. The summed E-state index contributed by atoms with van der Waals surface area (Å²) in [6.07, 6.45) is 0. The first kappa shape index (κ1) is 19.6. The van der Waals surface area contributed by atoms with Gasteiger partial charge >= 0.3 is 0 Å². The van der Waals surface area contributed by atoms with Gasteiger partial charge in [-0.15, -0.1) is 0 Å². The molecular formula is C20H19Cl2FN2O2. The fraction of sp³-hybridized carbons (Fsp3) is 0.300. The maximum absolute atomic E-state index is 14.4. The van der Waals surface area contributed by atoms with Crippen LogP contribution in [0.2, 0.25) is 10.0 Å². The number of piperazine rings is 1. The van der Waals surface area contributed by atoms with Crippen molar-refractivity contribution in [2.45, 2.75) is 19.9 Å². The minimum absolute atomic E-state index is 0.118. The van der Waals surface area contributed by atoms with Gasteiger partial charge in [-0.3, -0.25) is 9.59 Å². The molecule has 2 aromatic rings. The molecule has 0 bridgehead atoms. The van der Waals surface area contributed by atoms with Crippen molar-refractivity contribution in [2.75, 3.05) is 24.5 Å². The molecule has 142 valence electrons. The van der Waals surface area contributed by atoms with Gasteiger partial charge in [-0.25, -0.2) is 4.39 Å². The average molecular weight is 409 g/mol. The Morgan fingerprint density at radius 2 is 1.74 bits per heavy atom. The van der Waals surface area contributed by atoms with Gasteiger partial charge in [-0.05, 0) is 50.2 Å². The third-order valence-corrected chi connectivity index (χ3v) is 5.49. The molecule has 3 rings (SSSR count). The number of benzene rings is 2. The largest absolute Gasteiger partial charge is 0.365 e. The molecule has 7 heteroatoms. The molecule has 1 fully saturated rings. The highest BCUT2D eigenvalue weighted by Gasteiger charge is 2.29. The Balaban J connectivity index is 1.75. The number of hydrogen-bond donors (Lipinski definition) is 0. The molecule has 0 aliphatic carbocycles. The third kappa shape index (κ3) is 4.09. The van der Waals surface area contributed by atoms with Crippen molar-refractivity contribution < 1.29 is 14.0 Å². The zero-order valence-electron chi connectivity index (χ0n) is 15.0. The lowest BCUT2D eigenvalue weighted by Crippen LogP contribution is -2.54. The van der Waals surface area contributed by atoms with Crippen molar-refractivity contribution in [3.05, 3.63) is 63.4 Å². The smallest absolute Gasteiger partial charge is 0.254 e. The highest BCUT2D eigenvalue weighted by Crippen LogP contribution is 2.26. The molecule has 27 heavy (non-hydrogen) atoms. The van der Waals surface area contributed by atoms with Crippen LogP contribution in [0.4, 0.5) is 10.1 Å². The minimum atomic E-state index is -0.431. The summed E-state index contributed by atoms with van der Waals surface area (Å²) in [5, 5.41) is 0.733. The molecule has 0 aromatic heterocycles. The van der Waals surface area contributed by atoms with Crippen molar-refractivity contribution in [2.24, 2.45) is 0 Å². The zero-order chi connectivity index (χ0) is 19.7. The average Bonchev–Trinajstić information content (AvgIpc) is 2.63. The molecule has 1 saturated heterocycles. The van der Waals surface area contributed by atoms with E-state index in [1.807, 2.05) is 11.8 Å². The van der Waals surface area contributed by atoms with E-state index in [9.17, 15) is 14.0 Å². The van der Waals surface area contributed by atoms with Gasteiger partial charge in [0.2, 0.25) is 0 Å². The van der Waals surface area contributed by atoms with E-state index in [4.69, 9.17) is 23.2 Å². The highest BCUT2D eigenvalue weighted by atomic mass is 35.5. The molecule has 1 aliphatic heterocycles. The van der Waals surface area contributed by atoms with Gasteiger partial charge in [0.05, 0.1) is 15.7 Å². The first-order valence-electron chi connectivity index (χ1n) is 8.59. The normalized spacial score (nSPS) is 17.1. The molecule has 0 saturated carbocycles. The number of carbonyl (C=O) groups excluding carboxylic acids is 2. The van der Waals surface area contributed by atoms with Crippen molar-refractivity contribution in [3.8, 4) is 0 Å². The number of carbonyl (C=O) groups is 2. The predicted octanol–water partition coefficient (Wildman–Crippen LogP) is 4.69. The number of halogens is 3. The maximum atomic E-state index is 14.4. The fourth-order valence-electron chi connectivity index (χ4n) is 3.26. The van der Waals surface area contributed by atoms with Crippen molar-refractivity contribution in [1.82, 2.24) is 4.90 Å². The molecule has 1 aliphatic rings. The van der Waals surface area contributed by atoms with Crippen LogP contribution in [0, 0.1) is 5.82 Å². The van der Waals surface area contributed by atoms with E-state index < -0.39 is 5.82 Å². The molecule has 1 heterocycles. The van der Waals surface area contributed by atoms with Crippen LogP contribution in [0.1, 0.15) is 34.6 Å². The Bertz CT molecular complexity index is 904. The van der Waals surface area contributed by atoms with Crippen LogP contribution >= 0.6 is 23.2 Å². The highest BCUT2D eigenvalue weighted by molar-refractivity contribution is 6.42. The van der Waals surface area contributed by atoms with E-state index in [-0.39, 0.29) is 17.7 Å². The number of amides is 1. The van der Waals surface area contributed by atoms with Crippen LogP contribution < -0.4 is 4.90 Å². The molecule has 0 radical (unpaired) electrons. The van der Waals surface area contributed by atoms with Crippen molar-refractivity contribution in [1.29, 1.82) is 0 Å². The second-order valence-corrected chi connectivity index (χ2v) is 7.46.